The van der Waals surface area contributed by atoms with Gasteiger partial charge in [0.15, 0.2) is 0 Å². The second-order valence-corrected chi connectivity index (χ2v) is 9.40. The topological polar surface area (TPSA) is 66.9 Å². The summed E-state index contributed by atoms with van der Waals surface area (Å²) in [6.07, 6.45) is -0.102. The molecule has 0 N–H and O–H groups in total. The molecule has 2 aliphatic rings. The first kappa shape index (κ1) is 17.5. The summed E-state index contributed by atoms with van der Waals surface area (Å²) in [6.45, 7) is 4.34. The van der Waals surface area contributed by atoms with Crippen LogP contribution in [0.25, 0.3) is 0 Å². The first-order valence-corrected chi connectivity index (χ1v) is 9.88. The molecule has 3 rings (SSSR count). The molecule has 0 spiro atoms. The second kappa shape index (κ2) is 6.54. The summed E-state index contributed by atoms with van der Waals surface area (Å²) < 4.78 is 31.4. The van der Waals surface area contributed by atoms with E-state index in [1.165, 1.54) is 4.31 Å². The summed E-state index contributed by atoms with van der Waals surface area (Å²) in [4.78, 5) is 13.7. The lowest BCUT2D eigenvalue weighted by Gasteiger charge is -2.23. The monoisotopic (exact) mass is 372 g/mol. The van der Waals surface area contributed by atoms with Crippen LogP contribution in [0.3, 0.4) is 0 Å². The molecule has 24 heavy (non-hydrogen) atoms. The van der Waals surface area contributed by atoms with Gasteiger partial charge in [-0.15, -0.1) is 0 Å². The highest BCUT2D eigenvalue weighted by molar-refractivity contribution is 7.89. The number of hydrogen-bond donors (Lipinski definition) is 0. The van der Waals surface area contributed by atoms with Gasteiger partial charge in [-0.3, -0.25) is 4.90 Å². The molecule has 0 saturated carbocycles. The Balaban J connectivity index is 1.68. The molecule has 1 aromatic carbocycles. The maximum absolute atomic E-state index is 12.3. The van der Waals surface area contributed by atoms with Crippen LogP contribution in [0.15, 0.2) is 24.3 Å². The van der Waals surface area contributed by atoms with E-state index in [0.717, 1.165) is 5.56 Å². The van der Waals surface area contributed by atoms with Gasteiger partial charge in [0.25, 0.3) is 0 Å². The zero-order chi connectivity index (χ0) is 17.5. The maximum Gasteiger partial charge on any atom is 0.410 e. The zero-order valence-electron chi connectivity index (χ0n) is 13.7. The SMILES string of the molecule is CC(C)S(=O)(=O)N1C[C@@H]2OC(=O)N(CCc3cccc(Cl)c3)[C@@H]2C1. The van der Waals surface area contributed by atoms with Crippen molar-refractivity contribution in [3.63, 3.8) is 0 Å². The summed E-state index contributed by atoms with van der Waals surface area (Å²) in [5.74, 6) is 0. The molecule has 1 aromatic rings. The molecule has 0 aliphatic carbocycles. The average Bonchev–Trinajstić information content (AvgIpc) is 3.03. The third kappa shape index (κ3) is 3.25. The highest BCUT2D eigenvalue weighted by atomic mass is 35.5. The smallest absolute Gasteiger partial charge is 0.410 e. The Bertz CT molecular complexity index is 737. The van der Waals surface area contributed by atoms with Crippen molar-refractivity contribution < 1.29 is 17.9 Å². The van der Waals surface area contributed by atoms with Crippen molar-refractivity contribution in [1.29, 1.82) is 0 Å². The molecule has 8 heteroatoms. The van der Waals surface area contributed by atoms with Crippen LogP contribution in [0.1, 0.15) is 19.4 Å². The van der Waals surface area contributed by atoms with Crippen molar-refractivity contribution in [1.82, 2.24) is 9.21 Å². The highest BCUT2D eigenvalue weighted by Gasteiger charge is 2.50. The Morgan fingerprint density at radius 1 is 1.33 bits per heavy atom. The van der Waals surface area contributed by atoms with Gasteiger partial charge in [-0.2, -0.15) is 4.31 Å². The molecule has 2 saturated heterocycles. The largest absolute Gasteiger partial charge is 0.442 e. The van der Waals surface area contributed by atoms with E-state index in [1.807, 2.05) is 18.2 Å². The number of nitrogens with zero attached hydrogens (tertiary/aromatic N) is 2. The predicted molar refractivity (Wildman–Crippen MR) is 91.5 cm³/mol. The number of benzene rings is 1. The standard InChI is InChI=1S/C16H21ClN2O4S/c1-11(2)24(21,22)18-9-14-15(10-18)23-16(20)19(14)7-6-12-4-3-5-13(17)8-12/h3-5,8,11,14-15H,6-7,9-10H2,1-2H3/t14-,15+/m1/s1. The Morgan fingerprint density at radius 2 is 2.08 bits per heavy atom. The molecule has 0 bridgehead atoms. The number of amides is 1. The number of carbonyl (C=O) groups excluding carboxylic acids is 1. The molecule has 2 heterocycles. The molecular weight excluding hydrogens is 352 g/mol. The second-order valence-electron chi connectivity index (χ2n) is 6.47. The van der Waals surface area contributed by atoms with Gasteiger partial charge in [0, 0.05) is 18.1 Å². The summed E-state index contributed by atoms with van der Waals surface area (Å²) in [7, 11) is -3.33. The van der Waals surface area contributed by atoms with Gasteiger partial charge in [-0.1, -0.05) is 23.7 Å². The van der Waals surface area contributed by atoms with Crippen molar-refractivity contribution in [3.05, 3.63) is 34.9 Å². The van der Waals surface area contributed by atoms with E-state index in [4.69, 9.17) is 16.3 Å². The van der Waals surface area contributed by atoms with E-state index in [2.05, 4.69) is 0 Å². The Hall–Kier alpha value is -1.31. The van der Waals surface area contributed by atoms with Crippen LogP contribution >= 0.6 is 11.6 Å². The minimum atomic E-state index is -3.33. The van der Waals surface area contributed by atoms with Crippen LogP contribution in [0.5, 0.6) is 0 Å². The fourth-order valence-corrected chi connectivity index (χ4v) is 4.70. The highest BCUT2D eigenvalue weighted by Crippen LogP contribution is 2.29. The van der Waals surface area contributed by atoms with Crippen molar-refractivity contribution >= 4 is 27.7 Å². The van der Waals surface area contributed by atoms with E-state index >= 15 is 0 Å². The van der Waals surface area contributed by atoms with Crippen molar-refractivity contribution in [2.75, 3.05) is 19.6 Å². The van der Waals surface area contributed by atoms with E-state index in [0.29, 0.717) is 24.5 Å². The van der Waals surface area contributed by atoms with E-state index in [9.17, 15) is 13.2 Å². The van der Waals surface area contributed by atoms with E-state index in [-0.39, 0.29) is 24.8 Å². The van der Waals surface area contributed by atoms with Crippen LogP contribution in [0, 0.1) is 0 Å². The third-order valence-corrected chi connectivity index (χ3v) is 7.02. The van der Waals surface area contributed by atoms with Gasteiger partial charge >= 0.3 is 6.09 Å². The normalized spacial score (nSPS) is 24.5. The van der Waals surface area contributed by atoms with Gasteiger partial charge < -0.3 is 4.74 Å². The van der Waals surface area contributed by atoms with Crippen LogP contribution < -0.4 is 0 Å². The molecule has 2 fully saturated rings. The van der Waals surface area contributed by atoms with Gasteiger partial charge in [-0.05, 0) is 38.0 Å². The van der Waals surface area contributed by atoms with Gasteiger partial charge in [0.05, 0.1) is 17.8 Å². The quantitative estimate of drug-likeness (QED) is 0.794. The molecule has 2 aliphatic heterocycles. The number of rotatable bonds is 5. The summed E-state index contributed by atoms with van der Waals surface area (Å²) in [5.41, 5.74) is 1.03. The molecule has 132 valence electrons. The minimum Gasteiger partial charge on any atom is -0.442 e. The molecular formula is C16H21ClN2O4S. The maximum atomic E-state index is 12.3. The molecule has 0 unspecified atom stereocenters. The van der Waals surface area contributed by atoms with Crippen molar-refractivity contribution in [2.24, 2.45) is 0 Å². The Kier molecular flexibility index (Phi) is 4.77. The first-order valence-electron chi connectivity index (χ1n) is 7.99. The molecule has 2 atom stereocenters. The lowest BCUT2D eigenvalue weighted by molar-refractivity contribution is 0.129. The first-order chi connectivity index (χ1) is 11.3. The van der Waals surface area contributed by atoms with Crippen molar-refractivity contribution in [2.45, 2.75) is 37.7 Å². The van der Waals surface area contributed by atoms with Crippen LogP contribution in [-0.4, -0.2) is 60.7 Å². The van der Waals surface area contributed by atoms with Crippen LogP contribution in [-0.2, 0) is 21.2 Å². The lowest BCUT2D eigenvalue weighted by Crippen LogP contribution is -2.41. The number of halogens is 1. The van der Waals surface area contributed by atoms with Crippen LogP contribution in [0.4, 0.5) is 4.79 Å². The molecule has 6 nitrogen and oxygen atoms in total. The third-order valence-electron chi connectivity index (χ3n) is 4.58. The predicted octanol–water partition coefficient (Wildman–Crippen LogP) is 2.13. The summed E-state index contributed by atoms with van der Waals surface area (Å²) >= 11 is 5.98. The number of ether oxygens (including phenoxy) is 1. The van der Waals surface area contributed by atoms with E-state index < -0.39 is 15.3 Å². The number of carbonyl (C=O) groups is 1. The van der Waals surface area contributed by atoms with E-state index in [1.54, 1.807) is 24.8 Å². The summed E-state index contributed by atoms with van der Waals surface area (Å²) in [6, 6.07) is 7.27. The fourth-order valence-electron chi connectivity index (χ4n) is 3.18. The van der Waals surface area contributed by atoms with Gasteiger partial charge in [0.1, 0.15) is 6.10 Å². The zero-order valence-corrected chi connectivity index (χ0v) is 15.3. The Morgan fingerprint density at radius 3 is 2.75 bits per heavy atom. The molecule has 1 amide bonds. The number of sulfonamides is 1. The average molecular weight is 373 g/mol. The van der Waals surface area contributed by atoms with Gasteiger partial charge in [0.2, 0.25) is 10.0 Å². The van der Waals surface area contributed by atoms with Crippen molar-refractivity contribution in [3.8, 4) is 0 Å². The number of fused-ring (bicyclic) bond motifs is 1. The minimum absolute atomic E-state index is 0.217. The lowest BCUT2D eigenvalue weighted by atomic mass is 10.1. The van der Waals surface area contributed by atoms with Gasteiger partial charge in [-0.25, -0.2) is 13.2 Å². The fraction of sp³-hybridized carbons (Fsp3) is 0.562. The molecule has 0 radical (unpaired) electrons. The summed E-state index contributed by atoms with van der Waals surface area (Å²) in [5, 5.41) is 0.177. The Labute approximate surface area is 147 Å². The van der Waals surface area contributed by atoms with Crippen LogP contribution in [0.2, 0.25) is 5.02 Å². The number of hydrogen-bond acceptors (Lipinski definition) is 4. The molecule has 0 aromatic heterocycles.